The molecule has 17 nitrogen and oxygen atoms in total. The van der Waals surface area contributed by atoms with Crippen LogP contribution in [0.1, 0.15) is 174 Å². The van der Waals surface area contributed by atoms with Crippen molar-refractivity contribution in [2.45, 2.75) is 179 Å². The highest BCUT2D eigenvalue weighted by molar-refractivity contribution is 8.01. The summed E-state index contributed by atoms with van der Waals surface area (Å²) in [5, 5.41) is 38.6. The Balaban J connectivity index is 1.17. The van der Waals surface area contributed by atoms with E-state index < -0.39 is 31.5 Å². The van der Waals surface area contributed by atoms with E-state index in [0.29, 0.717) is 29.9 Å². The molecule has 3 aromatic carbocycles. The Bertz CT molecular complexity index is 2880. The molecule has 2 aliphatic heterocycles. The van der Waals surface area contributed by atoms with E-state index in [1.807, 2.05) is 44.7 Å². The van der Waals surface area contributed by atoms with Crippen molar-refractivity contribution in [3.05, 3.63) is 71.5 Å². The number of carbonyl (C=O) groups is 1. The van der Waals surface area contributed by atoms with Gasteiger partial charge < -0.3 is 20.4 Å². The summed E-state index contributed by atoms with van der Waals surface area (Å²) >= 11 is 1.71. The molecule has 20 heteroatoms. The maximum absolute atomic E-state index is 14.5. The number of anilines is 2. The van der Waals surface area contributed by atoms with Crippen LogP contribution < -0.4 is 19.7 Å². The SMILES string of the molecule is CCCCCCCCCCCCCCCCCCN1CC(C)(C)SC1c1cc(S(=O)(=O)Nc2cc(O)cc(C)c2-c2nnc3n2N=C(C(=O)NC(C)(C)C)C3=Nc2ccc(N(CC)CCNS(C)(=O)=O)cc2)ccc1O. The van der Waals surface area contributed by atoms with E-state index in [1.165, 1.54) is 125 Å². The van der Waals surface area contributed by atoms with Gasteiger partial charge in [-0.15, -0.1) is 22.0 Å². The highest BCUT2D eigenvalue weighted by Crippen LogP contribution is 2.51. The summed E-state index contributed by atoms with van der Waals surface area (Å²) in [7, 11) is -7.71. The predicted octanol–water partition coefficient (Wildman–Crippen LogP) is 11.2. The van der Waals surface area contributed by atoms with E-state index in [1.54, 1.807) is 30.8 Å². The molecule has 76 heavy (non-hydrogen) atoms. The number of hydrogen-bond acceptors (Lipinski definition) is 14. The average Bonchev–Trinajstić information content (AvgIpc) is 4.02. The minimum absolute atomic E-state index is 0.00657. The number of likely N-dealkylation sites (N-methyl/N-ethyl adjacent to an activating group) is 1. The quantitative estimate of drug-likeness (QED) is 0.0308. The molecule has 1 atom stereocenters. The Kier molecular flexibility index (Phi) is 21.4. The zero-order valence-corrected chi connectivity index (χ0v) is 48.9. The number of benzene rings is 3. The molecule has 1 fully saturated rings. The van der Waals surface area contributed by atoms with E-state index in [4.69, 9.17) is 10.1 Å². The lowest BCUT2D eigenvalue weighted by molar-refractivity contribution is -0.115. The number of aromatic hydroxyl groups is 2. The number of phenols is 2. The van der Waals surface area contributed by atoms with Crippen molar-refractivity contribution < 1.29 is 31.8 Å². The maximum atomic E-state index is 14.5. The number of phenolic OH excluding ortho intramolecular Hbond substituents is 2. The van der Waals surface area contributed by atoms with Gasteiger partial charge in [0.2, 0.25) is 15.8 Å². The fourth-order valence-electron chi connectivity index (χ4n) is 9.84. The number of hydrogen-bond donors (Lipinski definition) is 5. The molecule has 1 unspecified atom stereocenters. The molecule has 0 bridgehead atoms. The van der Waals surface area contributed by atoms with Gasteiger partial charge in [-0.1, -0.05) is 103 Å². The van der Waals surface area contributed by atoms with Gasteiger partial charge in [-0.2, -0.15) is 9.78 Å². The van der Waals surface area contributed by atoms with Gasteiger partial charge >= 0.3 is 0 Å². The van der Waals surface area contributed by atoms with Gasteiger partial charge in [0.15, 0.2) is 11.5 Å². The molecule has 0 radical (unpaired) electrons. The number of aromatic nitrogens is 3. The third-order valence-corrected chi connectivity index (χ3v) is 17.2. The molecule has 1 aromatic heterocycles. The maximum Gasteiger partial charge on any atom is 0.274 e. The smallest absolute Gasteiger partial charge is 0.274 e. The lowest BCUT2D eigenvalue weighted by atomic mass is 10.0. The van der Waals surface area contributed by atoms with Gasteiger partial charge in [0, 0.05) is 59.3 Å². The first-order valence-electron chi connectivity index (χ1n) is 27.4. The molecule has 1 saturated heterocycles. The predicted molar refractivity (Wildman–Crippen MR) is 310 cm³/mol. The van der Waals surface area contributed by atoms with Crippen LogP contribution in [-0.2, 0) is 24.8 Å². The standard InChI is InChI=1S/C56H84N10O7S3/c1-10-12-13-14-15-16-17-18-19-20-21-22-23-24-25-26-34-65-39-56(7,8)74-54(65)45-38-44(31-32-47(45)68)76(72,73)63-46-37-43(67)36-40(3)48(46)51-60-61-52-49(50(62-66(51)52)53(69)59-55(4,5)6)58-41-27-29-42(30-28-41)64(11-2)35-33-57-75(9,70)71/h27-32,36-38,54,57,63,67-68H,10-26,33-35,39H2,1-9H3,(H,59,69). The van der Waals surface area contributed by atoms with Crippen LogP contribution in [0.4, 0.5) is 17.1 Å². The summed E-state index contributed by atoms with van der Waals surface area (Å²) in [6.45, 7) is 18.7. The number of aryl methyl sites for hydroxylation is 1. The van der Waals surface area contributed by atoms with E-state index >= 15 is 0 Å². The van der Waals surface area contributed by atoms with E-state index in [0.717, 1.165) is 37.9 Å². The Morgan fingerprint density at radius 3 is 2.00 bits per heavy atom. The van der Waals surface area contributed by atoms with E-state index in [2.05, 4.69) is 50.6 Å². The first-order chi connectivity index (χ1) is 36.0. The molecule has 0 aliphatic carbocycles. The molecule has 2 aliphatic rings. The van der Waals surface area contributed by atoms with Gasteiger partial charge in [-0.05, 0) is 116 Å². The molecule has 1 amide bonds. The number of unbranched alkanes of at least 4 members (excludes halogenated alkanes) is 15. The summed E-state index contributed by atoms with van der Waals surface area (Å²) in [6, 6.07) is 14.3. The minimum atomic E-state index is -4.37. The minimum Gasteiger partial charge on any atom is -0.508 e. The number of carbonyl (C=O) groups excluding carboxylic acids is 1. The van der Waals surface area contributed by atoms with Crippen LogP contribution in [0.2, 0.25) is 0 Å². The van der Waals surface area contributed by atoms with Gasteiger partial charge in [-0.3, -0.25) is 14.4 Å². The van der Waals surface area contributed by atoms with Crippen LogP contribution in [0.3, 0.4) is 0 Å². The molecule has 418 valence electrons. The molecule has 0 saturated carbocycles. The summed E-state index contributed by atoms with van der Waals surface area (Å²) in [4.78, 5) is 23.1. The summed E-state index contributed by atoms with van der Waals surface area (Å²) in [6.07, 6.45) is 21.9. The van der Waals surface area contributed by atoms with Crippen molar-refractivity contribution in [2.75, 3.05) is 48.6 Å². The lowest BCUT2D eigenvalue weighted by Gasteiger charge is -2.25. The average molecular weight is 1110 g/mol. The zero-order chi connectivity index (χ0) is 55.3. The fourth-order valence-corrected chi connectivity index (χ4v) is 12.9. The van der Waals surface area contributed by atoms with Crippen molar-refractivity contribution >= 4 is 66.2 Å². The topological polar surface area (TPSA) is 224 Å². The van der Waals surface area contributed by atoms with Crippen molar-refractivity contribution in [2.24, 2.45) is 10.1 Å². The number of amides is 1. The Labute approximate surface area is 457 Å². The highest BCUT2D eigenvalue weighted by atomic mass is 32.2. The molecular weight excluding hydrogens is 1020 g/mol. The molecule has 6 rings (SSSR count). The lowest BCUT2D eigenvalue weighted by Crippen LogP contribution is -2.45. The van der Waals surface area contributed by atoms with Crippen LogP contribution in [0.5, 0.6) is 11.5 Å². The number of nitrogens with one attached hydrogen (secondary N) is 3. The fraction of sp³-hybridized carbons (Fsp3) is 0.589. The summed E-state index contributed by atoms with van der Waals surface area (Å²) in [5.41, 5.74) is 1.96. The molecule has 3 heterocycles. The summed E-state index contributed by atoms with van der Waals surface area (Å²) in [5.74, 6) is -0.485. The van der Waals surface area contributed by atoms with Crippen molar-refractivity contribution in [3.63, 3.8) is 0 Å². The van der Waals surface area contributed by atoms with Gasteiger partial charge in [0.1, 0.15) is 17.2 Å². The van der Waals surface area contributed by atoms with Gasteiger partial charge in [0.25, 0.3) is 15.9 Å². The Morgan fingerprint density at radius 2 is 1.42 bits per heavy atom. The van der Waals surface area contributed by atoms with Crippen LogP contribution in [0.25, 0.3) is 11.4 Å². The number of thioether (sulfide) groups is 1. The first kappa shape index (κ1) is 60.2. The second kappa shape index (κ2) is 27.0. The summed E-state index contributed by atoms with van der Waals surface area (Å²) < 4.78 is 58.8. The monoisotopic (exact) mass is 1100 g/mol. The van der Waals surface area contributed by atoms with E-state index in [9.17, 15) is 31.8 Å². The largest absolute Gasteiger partial charge is 0.508 e. The number of rotatable bonds is 30. The third kappa shape index (κ3) is 17.2. The second-order valence-corrected chi connectivity index (χ2v) is 27.4. The zero-order valence-electron chi connectivity index (χ0n) is 46.4. The number of nitrogens with zero attached hydrogens (tertiary/aromatic N) is 7. The Hall–Kier alpha value is -5.02. The van der Waals surface area contributed by atoms with Gasteiger partial charge in [-0.25, -0.2) is 26.6 Å². The molecule has 4 aromatic rings. The van der Waals surface area contributed by atoms with Crippen molar-refractivity contribution in [3.8, 4) is 22.9 Å². The highest BCUT2D eigenvalue weighted by Gasteiger charge is 2.41. The second-order valence-electron chi connectivity index (χ2n) is 22.0. The Morgan fingerprint density at radius 1 is 0.829 bits per heavy atom. The van der Waals surface area contributed by atoms with Crippen LogP contribution in [0.15, 0.2) is 69.6 Å². The molecule has 5 N–H and O–H groups in total. The van der Waals surface area contributed by atoms with Crippen molar-refractivity contribution in [1.82, 2.24) is 29.8 Å². The van der Waals surface area contributed by atoms with Crippen molar-refractivity contribution in [1.29, 1.82) is 0 Å². The van der Waals surface area contributed by atoms with Crippen LogP contribution in [0, 0.1) is 6.92 Å². The van der Waals surface area contributed by atoms with E-state index in [-0.39, 0.29) is 67.4 Å². The molecule has 0 spiro atoms. The number of fused-ring (bicyclic) bond motifs is 1. The van der Waals surface area contributed by atoms with Crippen LogP contribution in [-0.4, -0.2) is 113 Å². The molecular formula is C56H84N10O7S3. The number of aliphatic imine (C=N–C) groups is 1. The number of sulfonamides is 2. The third-order valence-electron chi connectivity index (χ3n) is 13.6. The van der Waals surface area contributed by atoms with Gasteiger partial charge in [0.05, 0.1) is 27.9 Å². The van der Waals surface area contributed by atoms with Crippen LogP contribution >= 0.6 is 11.8 Å². The normalized spacial score (nSPS) is 16.3. The first-order valence-corrected chi connectivity index (χ1v) is 31.6.